The van der Waals surface area contributed by atoms with E-state index in [-0.39, 0.29) is 73.1 Å². The number of carbonyl (C=O) groups excluding carboxylic acids is 6. The molecule has 3 N–H and O–H groups in total. The number of benzene rings is 1. The first-order valence-electron chi connectivity index (χ1n) is 18.4. The monoisotopic (exact) mass is 727 g/mol. The number of ether oxygens (including phenoxy) is 2. The van der Waals surface area contributed by atoms with Gasteiger partial charge in [-0.2, -0.15) is 0 Å². The second-order valence-electron chi connectivity index (χ2n) is 14.1. The van der Waals surface area contributed by atoms with Gasteiger partial charge in [0.2, 0.25) is 23.3 Å². The molecule has 53 heavy (non-hydrogen) atoms. The van der Waals surface area contributed by atoms with Crippen LogP contribution in [-0.4, -0.2) is 63.6 Å². The van der Waals surface area contributed by atoms with E-state index >= 15 is 0 Å². The van der Waals surface area contributed by atoms with Crippen molar-refractivity contribution in [3.63, 3.8) is 0 Å². The Morgan fingerprint density at radius 3 is 2.49 bits per heavy atom. The van der Waals surface area contributed by atoms with Crippen LogP contribution in [0.3, 0.4) is 0 Å². The van der Waals surface area contributed by atoms with Gasteiger partial charge in [-0.3, -0.25) is 28.8 Å². The summed E-state index contributed by atoms with van der Waals surface area (Å²) in [4.78, 5) is 95.5. The number of rotatable bonds is 15. The maximum absolute atomic E-state index is 13.8. The van der Waals surface area contributed by atoms with E-state index in [1.165, 1.54) is 6.92 Å². The summed E-state index contributed by atoms with van der Waals surface area (Å²) in [6.45, 7) is 4.25. The molecule has 1 fully saturated rings. The molecule has 0 radical (unpaired) electrons. The zero-order valence-electron chi connectivity index (χ0n) is 30.3. The molecule has 2 aromatic heterocycles. The lowest BCUT2D eigenvalue weighted by molar-refractivity contribution is -0.189. The number of hydrogen-bond acceptors (Lipinski definition) is 10. The summed E-state index contributed by atoms with van der Waals surface area (Å²) < 4.78 is 12.8. The highest BCUT2D eigenvalue weighted by Crippen LogP contribution is 2.41. The molecule has 14 nitrogen and oxygen atoms in total. The third kappa shape index (κ3) is 7.72. The summed E-state index contributed by atoms with van der Waals surface area (Å²) in [6.07, 6.45) is 3.69. The van der Waals surface area contributed by atoms with Crippen molar-refractivity contribution in [2.75, 3.05) is 6.54 Å². The standard InChI is InChI=1S/C39H45N5O9/c1-4-23(36(49)43-29(22(3)45)14-16-33(47)41-26-10-8-11-26)13-15-32(46)40-19-34(48)53-39(5-2)28-18-31-35-25(17-24-9-6-7-12-30(24)42-35)20-44(31)37(50)27(28)21-52-38(39)51/h6-7,9,12,17-18,23,26,29H,4-5,8,10-11,13-16,19-21H2,1-3H3,(H,40,46)(H,41,47)(H,43,49)/t23?,29?,39-/m0/s1. The molecule has 2 unspecified atom stereocenters. The Kier molecular flexibility index (Phi) is 11.1. The number of ketones is 1. The quantitative estimate of drug-likeness (QED) is 0.153. The predicted octanol–water partition coefficient (Wildman–Crippen LogP) is 3.08. The van der Waals surface area contributed by atoms with Gasteiger partial charge < -0.3 is 30.0 Å². The van der Waals surface area contributed by atoms with Gasteiger partial charge in [-0.05, 0) is 70.1 Å². The van der Waals surface area contributed by atoms with Gasteiger partial charge in [0.15, 0.2) is 5.78 Å². The number of para-hydroxylation sites is 1. The highest BCUT2D eigenvalue weighted by atomic mass is 16.6. The van der Waals surface area contributed by atoms with Crippen molar-refractivity contribution in [2.24, 2.45) is 5.92 Å². The van der Waals surface area contributed by atoms with E-state index < -0.39 is 47.9 Å². The van der Waals surface area contributed by atoms with Crippen LogP contribution in [0.2, 0.25) is 0 Å². The highest BCUT2D eigenvalue weighted by molar-refractivity contribution is 5.91. The topological polar surface area (TPSA) is 192 Å². The first kappa shape index (κ1) is 37.4. The largest absolute Gasteiger partial charge is 0.457 e. The Morgan fingerprint density at radius 2 is 1.79 bits per heavy atom. The number of cyclic esters (lactones) is 1. The number of esters is 2. The molecule has 1 aromatic carbocycles. The predicted molar refractivity (Wildman–Crippen MR) is 192 cm³/mol. The first-order chi connectivity index (χ1) is 25.4. The number of fused-ring (bicyclic) bond motifs is 5. The summed E-state index contributed by atoms with van der Waals surface area (Å²) >= 11 is 0. The molecule has 3 atom stereocenters. The minimum Gasteiger partial charge on any atom is -0.457 e. The molecule has 1 saturated carbocycles. The highest BCUT2D eigenvalue weighted by Gasteiger charge is 2.50. The summed E-state index contributed by atoms with van der Waals surface area (Å²) in [7, 11) is 0. The van der Waals surface area contributed by atoms with Gasteiger partial charge in [0.1, 0.15) is 13.2 Å². The van der Waals surface area contributed by atoms with Gasteiger partial charge in [0, 0.05) is 41.3 Å². The van der Waals surface area contributed by atoms with Crippen LogP contribution in [0.25, 0.3) is 22.3 Å². The van der Waals surface area contributed by atoms with Gasteiger partial charge >= 0.3 is 11.9 Å². The van der Waals surface area contributed by atoms with Crippen molar-refractivity contribution >= 4 is 46.3 Å². The Morgan fingerprint density at radius 1 is 1.04 bits per heavy atom. The third-order valence-electron chi connectivity index (χ3n) is 10.6. The van der Waals surface area contributed by atoms with Crippen LogP contribution in [0.15, 0.2) is 41.2 Å². The maximum Gasteiger partial charge on any atom is 0.355 e. The number of nitrogens with zero attached hydrogens (tertiary/aromatic N) is 2. The van der Waals surface area contributed by atoms with E-state index in [9.17, 15) is 33.6 Å². The van der Waals surface area contributed by atoms with Crippen molar-refractivity contribution in [1.82, 2.24) is 25.5 Å². The fraction of sp³-hybridized carbons (Fsp3) is 0.487. The number of Topliss-reactive ketones (excluding diaryl/α,β-unsaturated/α-hetero) is 1. The normalized spacial score (nSPS) is 18.4. The van der Waals surface area contributed by atoms with Crippen LogP contribution >= 0.6 is 0 Å². The number of carbonyl (C=O) groups is 6. The van der Waals surface area contributed by atoms with Crippen molar-refractivity contribution in [3.8, 4) is 11.4 Å². The van der Waals surface area contributed by atoms with Crippen molar-refractivity contribution in [1.29, 1.82) is 0 Å². The molecular weight excluding hydrogens is 682 g/mol. The Hall–Kier alpha value is -5.40. The van der Waals surface area contributed by atoms with Crippen LogP contribution in [0.5, 0.6) is 0 Å². The maximum atomic E-state index is 13.8. The lowest BCUT2D eigenvalue weighted by atomic mass is 9.85. The number of aromatic nitrogens is 2. The fourth-order valence-corrected chi connectivity index (χ4v) is 7.19. The Labute approximate surface area is 306 Å². The van der Waals surface area contributed by atoms with Gasteiger partial charge in [-0.15, -0.1) is 0 Å². The van der Waals surface area contributed by atoms with Crippen LogP contribution in [0, 0.1) is 5.92 Å². The van der Waals surface area contributed by atoms with Crippen molar-refractivity contribution < 1.29 is 38.2 Å². The van der Waals surface area contributed by atoms with Crippen molar-refractivity contribution in [2.45, 2.75) is 109 Å². The van der Waals surface area contributed by atoms with E-state index in [1.54, 1.807) is 24.5 Å². The zero-order valence-corrected chi connectivity index (χ0v) is 30.3. The number of nitrogens with one attached hydrogen (secondary N) is 3. The molecule has 4 heterocycles. The van der Waals surface area contributed by atoms with Crippen molar-refractivity contribution in [3.05, 3.63) is 63.4 Å². The van der Waals surface area contributed by atoms with Crippen LogP contribution in [0.1, 0.15) is 95.2 Å². The number of hydrogen-bond donors (Lipinski definition) is 3. The lowest BCUT2D eigenvalue weighted by Crippen LogP contribution is -2.48. The van der Waals surface area contributed by atoms with E-state index in [0.717, 1.165) is 35.7 Å². The number of pyridine rings is 2. The zero-order chi connectivity index (χ0) is 37.9. The summed E-state index contributed by atoms with van der Waals surface area (Å²) in [5.74, 6) is -3.65. The van der Waals surface area contributed by atoms with Crippen LogP contribution in [-0.2, 0) is 57.0 Å². The molecule has 3 amide bonds. The minimum atomic E-state index is -1.92. The van der Waals surface area contributed by atoms with Gasteiger partial charge in [-0.1, -0.05) is 32.0 Å². The average Bonchev–Trinajstić information content (AvgIpc) is 3.48. The second kappa shape index (κ2) is 15.7. The average molecular weight is 728 g/mol. The smallest absolute Gasteiger partial charge is 0.355 e. The molecule has 280 valence electrons. The molecule has 0 saturated heterocycles. The van der Waals surface area contributed by atoms with Crippen LogP contribution < -0.4 is 21.5 Å². The molecule has 0 bridgehead atoms. The summed E-state index contributed by atoms with van der Waals surface area (Å²) in [6, 6.07) is 10.6. The third-order valence-corrected chi connectivity index (χ3v) is 10.6. The Bertz CT molecular complexity index is 2040. The SMILES string of the molecule is CCC(CCC(=O)NCC(=O)O[C@]1(CC)C(=O)OCc2c1cc1n(c2=O)Cc2cc3ccccc3nc2-1)C(=O)NC(CCC(=O)NC1CCC1)C(C)=O. The van der Waals surface area contributed by atoms with Crippen LogP contribution in [0.4, 0.5) is 0 Å². The molecular formula is C39H45N5O9. The van der Waals surface area contributed by atoms with E-state index in [0.29, 0.717) is 24.4 Å². The summed E-state index contributed by atoms with van der Waals surface area (Å²) in [5, 5.41) is 9.09. The Balaban J connectivity index is 1.07. The number of amides is 3. The van der Waals surface area contributed by atoms with Gasteiger partial charge in [0.05, 0.1) is 35.1 Å². The molecule has 1 aliphatic carbocycles. The molecule has 3 aromatic rings. The van der Waals surface area contributed by atoms with E-state index in [4.69, 9.17) is 14.5 Å². The molecule has 3 aliphatic rings. The second-order valence-corrected chi connectivity index (χ2v) is 14.1. The van der Waals surface area contributed by atoms with E-state index in [1.807, 2.05) is 30.3 Å². The van der Waals surface area contributed by atoms with E-state index in [2.05, 4.69) is 16.0 Å². The minimum absolute atomic E-state index is 0.0286. The fourth-order valence-electron chi connectivity index (χ4n) is 7.19. The van der Waals surface area contributed by atoms with Gasteiger partial charge in [-0.25, -0.2) is 9.78 Å². The molecule has 14 heteroatoms. The summed E-state index contributed by atoms with van der Waals surface area (Å²) in [5.41, 5.74) is 0.861. The molecule has 0 spiro atoms. The molecule has 2 aliphatic heterocycles. The first-order valence-corrected chi connectivity index (χ1v) is 18.4. The molecule has 6 rings (SSSR count). The lowest BCUT2D eigenvalue weighted by Gasteiger charge is -2.35. The van der Waals surface area contributed by atoms with Gasteiger partial charge in [0.25, 0.3) is 5.56 Å².